The van der Waals surface area contributed by atoms with Crippen LogP contribution < -0.4 is 10.9 Å². The van der Waals surface area contributed by atoms with E-state index in [2.05, 4.69) is 26.8 Å². The van der Waals surface area contributed by atoms with E-state index in [1.165, 1.54) is 11.8 Å². The molecule has 0 radical (unpaired) electrons. The fourth-order valence-electron chi connectivity index (χ4n) is 2.44. The number of nitrogens with one attached hydrogen (secondary N) is 2. The van der Waals surface area contributed by atoms with Crippen molar-refractivity contribution in [1.82, 2.24) is 15.0 Å². The van der Waals surface area contributed by atoms with E-state index in [-0.39, 0.29) is 23.8 Å². The third-order valence-corrected chi connectivity index (χ3v) is 4.24. The van der Waals surface area contributed by atoms with Gasteiger partial charge in [0.15, 0.2) is 5.16 Å². The zero-order chi connectivity index (χ0) is 15.5. The number of anilines is 1. The van der Waals surface area contributed by atoms with E-state index in [1.54, 1.807) is 18.5 Å². The van der Waals surface area contributed by atoms with E-state index in [4.69, 9.17) is 0 Å². The fraction of sp³-hybridized carbons (Fsp3) is 0.200. The minimum Gasteiger partial charge on any atom is -0.310 e. The smallest absolute Gasteiger partial charge is 0.257 e. The number of amides is 1. The van der Waals surface area contributed by atoms with Crippen LogP contribution >= 0.6 is 11.8 Å². The first kappa shape index (κ1) is 14.5. The van der Waals surface area contributed by atoms with Gasteiger partial charge >= 0.3 is 0 Å². The Bertz CT molecular complexity index is 773. The Morgan fingerprint density at radius 2 is 2.14 bits per heavy atom. The lowest BCUT2D eigenvalue weighted by Gasteiger charge is -2.24. The van der Waals surface area contributed by atoms with Gasteiger partial charge in [-0.3, -0.25) is 14.6 Å². The summed E-state index contributed by atoms with van der Waals surface area (Å²) < 4.78 is 0. The van der Waals surface area contributed by atoms with Crippen molar-refractivity contribution in [2.75, 3.05) is 11.1 Å². The zero-order valence-corrected chi connectivity index (χ0v) is 12.5. The molecule has 0 saturated heterocycles. The highest BCUT2D eigenvalue weighted by molar-refractivity contribution is 7.99. The number of aromatic nitrogens is 3. The molecular formula is C15H14N4O2S. The Hall–Kier alpha value is -2.41. The summed E-state index contributed by atoms with van der Waals surface area (Å²) in [4.78, 5) is 35.5. The highest BCUT2D eigenvalue weighted by atomic mass is 32.2. The number of pyridine rings is 1. The van der Waals surface area contributed by atoms with Gasteiger partial charge in [0, 0.05) is 30.5 Å². The van der Waals surface area contributed by atoms with Gasteiger partial charge in [0.1, 0.15) is 5.82 Å². The van der Waals surface area contributed by atoms with E-state index in [0.717, 1.165) is 5.56 Å². The molecule has 2 aromatic heterocycles. The molecule has 3 rings (SSSR count). The molecular weight excluding hydrogens is 300 g/mol. The molecule has 2 N–H and O–H groups in total. The van der Waals surface area contributed by atoms with Gasteiger partial charge in [0.25, 0.3) is 5.56 Å². The quantitative estimate of drug-likeness (QED) is 0.511. The molecule has 0 fully saturated rings. The van der Waals surface area contributed by atoms with Crippen molar-refractivity contribution in [2.45, 2.75) is 17.5 Å². The monoisotopic (exact) mass is 314 g/mol. The second-order valence-corrected chi connectivity index (χ2v) is 5.83. The summed E-state index contributed by atoms with van der Waals surface area (Å²) in [6.07, 6.45) is 5.25. The number of rotatable bonds is 4. The predicted octanol–water partition coefficient (Wildman–Crippen LogP) is 1.92. The molecule has 7 heteroatoms. The van der Waals surface area contributed by atoms with Crippen molar-refractivity contribution >= 4 is 23.5 Å². The second-order valence-electron chi connectivity index (χ2n) is 4.82. The molecule has 1 aliphatic rings. The van der Waals surface area contributed by atoms with Gasteiger partial charge in [0.2, 0.25) is 5.91 Å². The maximum absolute atomic E-state index is 12.4. The predicted molar refractivity (Wildman–Crippen MR) is 85.1 cm³/mol. The number of carbonyl (C=O) groups excluding carboxylic acids is 1. The van der Waals surface area contributed by atoms with Gasteiger partial charge in [-0.25, -0.2) is 4.98 Å². The molecule has 0 saturated carbocycles. The normalized spacial score (nSPS) is 16.7. The highest BCUT2D eigenvalue weighted by Crippen LogP contribution is 2.33. The maximum atomic E-state index is 12.4. The molecule has 0 aromatic carbocycles. The first-order valence-electron chi connectivity index (χ1n) is 6.76. The van der Waals surface area contributed by atoms with Crippen molar-refractivity contribution in [3.8, 4) is 0 Å². The summed E-state index contributed by atoms with van der Waals surface area (Å²) in [5.74, 6) is 0.519. The number of H-pyrrole nitrogens is 1. The molecule has 2 aromatic rings. The number of hydrogen-bond acceptors (Lipinski definition) is 5. The topological polar surface area (TPSA) is 87.7 Å². The summed E-state index contributed by atoms with van der Waals surface area (Å²) in [7, 11) is 0. The summed E-state index contributed by atoms with van der Waals surface area (Å²) in [5, 5.41) is 3.16. The van der Waals surface area contributed by atoms with Gasteiger partial charge in [-0.2, -0.15) is 0 Å². The van der Waals surface area contributed by atoms with Gasteiger partial charge < -0.3 is 10.3 Å². The minimum absolute atomic E-state index is 0.146. The summed E-state index contributed by atoms with van der Waals surface area (Å²) in [6, 6.07) is 3.62. The Labute approximate surface area is 131 Å². The van der Waals surface area contributed by atoms with Crippen molar-refractivity contribution in [3.05, 3.63) is 58.7 Å². The molecule has 22 heavy (non-hydrogen) atoms. The zero-order valence-electron chi connectivity index (χ0n) is 11.7. The summed E-state index contributed by atoms with van der Waals surface area (Å²) in [5.41, 5.74) is 1.15. The lowest BCUT2D eigenvalue weighted by Crippen LogP contribution is -2.31. The first-order chi connectivity index (χ1) is 10.7. The molecule has 6 nitrogen and oxygen atoms in total. The van der Waals surface area contributed by atoms with Crippen LogP contribution in [0.1, 0.15) is 23.5 Å². The summed E-state index contributed by atoms with van der Waals surface area (Å²) in [6.45, 7) is 3.63. The van der Waals surface area contributed by atoms with Gasteiger partial charge in [-0.15, -0.1) is 6.58 Å². The maximum Gasteiger partial charge on any atom is 0.257 e. The number of nitrogens with zero attached hydrogens (tertiary/aromatic N) is 2. The van der Waals surface area contributed by atoms with Crippen LogP contribution in [0.25, 0.3) is 0 Å². The number of thioether (sulfide) groups is 1. The van der Waals surface area contributed by atoms with Crippen molar-refractivity contribution in [1.29, 1.82) is 0 Å². The Morgan fingerprint density at radius 3 is 2.86 bits per heavy atom. The third-order valence-electron chi connectivity index (χ3n) is 3.38. The van der Waals surface area contributed by atoms with Gasteiger partial charge in [-0.1, -0.05) is 17.8 Å². The van der Waals surface area contributed by atoms with Crippen LogP contribution in [0.15, 0.2) is 47.1 Å². The van der Waals surface area contributed by atoms with Crippen LogP contribution in [-0.4, -0.2) is 26.6 Å². The fourth-order valence-corrected chi connectivity index (χ4v) is 3.03. The average molecular weight is 314 g/mol. The SMILES string of the molecule is C=CCSc1nc2c(c(=O)[nH]1)[C@H](c1ccncc1)CC(=O)N2. The van der Waals surface area contributed by atoms with Crippen molar-refractivity contribution in [2.24, 2.45) is 0 Å². The van der Waals surface area contributed by atoms with Crippen LogP contribution in [0.2, 0.25) is 0 Å². The van der Waals surface area contributed by atoms with Crippen LogP contribution in [0.3, 0.4) is 0 Å². The van der Waals surface area contributed by atoms with Crippen LogP contribution in [-0.2, 0) is 4.79 Å². The van der Waals surface area contributed by atoms with Gasteiger partial charge in [-0.05, 0) is 17.7 Å². The van der Waals surface area contributed by atoms with Crippen molar-refractivity contribution in [3.63, 3.8) is 0 Å². The van der Waals surface area contributed by atoms with E-state index < -0.39 is 0 Å². The van der Waals surface area contributed by atoms with Gasteiger partial charge in [0.05, 0.1) is 5.56 Å². The second kappa shape index (κ2) is 6.15. The van der Waals surface area contributed by atoms with Crippen LogP contribution in [0, 0.1) is 0 Å². The molecule has 3 heterocycles. The average Bonchev–Trinajstić information content (AvgIpc) is 2.52. The van der Waals surface area contributed by atoms with E-state index in [0.29, 0.717) is 22.3 Å². The number of fused-ring (bicyclic) bond motifs is 1. The molecule has 0 aliphatic carbocycles. The number of hydrogen-bond donors (Lipinski definition) is 2. The highest BCUT2D eigenvalue weighted by Gasteiger charge is 2.30. The first-order valence-corrected chi connectivity index (χ1v) is 7.75. The third kappa shape index (κ3) is 2.80. The standard InChI is InChI=1S/C15H14N4O2S/c1-2-7-22-15-18-13-12(14(21)19-15)10(8-11(20)17-13)9-3-5-16-6-4-9/h2-6,10H,1,7-8H2,(H2,17,18,19,20,21)/t10-/m0/s1. The Morgan fingerprint density at radius 1 is 1.36 bits per heavy atom. The number of carbonyl (C=O) groups is 1. The molecule has 0 spiro atoms. The molecule has 112 valence electrons. The molecule has 0 unspecified atom stereocenters. The van der Waals surface area contributed by atoms with E-state index in [1.807, 2.05) is 12.1 Å². The largest absolute Gasteiger partial charge is 0.310 e. The van der Waals surface area contributed by atoms with Crippen LogP contribution in [0.5, 0.6) is 0 Å². The Balaban J connectivity index is 2.07. The lowest BCUT2D eigenvalue weighted by atomic mass is 9.87. The lowest BCUT2D eigenvalue weighted by molar-refractivity contribution is -0.116. The van der Waals surface area contributed by atoms with E-state index >= 15 is 0 Å². The number of aromatic amines is 1. The molecule has 0 bridgehead atoms. The minimum atomic E-state index is -0.304. The van der Waals surface area contributed by atoms with E-state index in [9.17, 15) is 9.59 Å². The van der Waals surface area contributed by atoms with Crippen LogP contribution in [0.4, 0.5) is 5.82 Å². The molecule has 1 amide bonds. The Kier molecular flexibility index (Phi) is 4.06. The molecule has 1 aliphatic heterocycles. The summed E-state index contributed by atoms with van der Waals surface area (Å²) >= 11 is 1.36. The molecule has 1 atom stereocenters. The van der Waals surface area contributed by atoms with Crippen molar-refractivity contribution < 1.29 is 4.79 Å².